The highest BCUT2D eigenvalue weighted by Gasteiger charge is 2.47. The number of nitrogens with zero attached hydrogens (tertiary/aromatic N) is 3. The Morgan fingerprint density at radius 2 is 2.16 bits per heavy atom. The summed E-state index contributed by atoms with van der Waals surface area (Å²) in [5.74, 6) is 1.53. The molecular weight excluding hydrogens is 416 g/mol. The van der Waals surface area contributed by atoms with Crippen molar-refractivity contribution in [3.63, 3.8) is 0 Å². The maximum Gasteiger partial charge on any atom is 0.268 e. The predicted octanol–water partition coefficient (Wildman–Crippen LogP) is 1.94. The standard InChI is InChI=1S/C23H19F2N5O2/c24-23(25)10-18(11-26)30(14-23)21(31)13-29-22(32)19-6-7-27-12-17(19)3-1-15-2-4-20-16(9-15)5-8-28-20/h2,4,6-7,9,12,18,28H,5,8,10,13-14H2,(H,29,32)/t18-/m0/s1. The van der Waals surface area contributed by atoms with Crippen molar-refractivity contribution >= 4 is 17.5 Å². The number of fused-ring (bicyclic) bond motifs is 1. The molecule has 2 aliphatic rings. The van der Waals surface area contributed by atoms with Crippen LogP contribution < -0.4 is 10.6 Å². The average molecular weight is 435 g/mol. The minimum absolute atomic E-state index is 0.215. The van der Waals surface area contributed by atoms with Crippen LogP contribution in [-0.2, 0) is 11.2 Å². The molecule has 0 aliphatic carbocycles. The molecule has 0 saturated carbocycles. The van der Waals surface area contributed by atoms with E-state index < -0.39 is 43.3 Å². The molecule has 1 atom stereocenters. The summed E-state index contributed by atoms with van der Waals surface area (Å²) in [7, 11) is 0. The Morgan fingerprint density at radius 1 is 1.31 bits per heavy atom. The summed E-state index contributed by atoms with van der Waals surface area (Å²) < 4.78 is 27.1. The predicted molar refractivity (Wildman–Crippen MR) is 112 cm³/mol. The van der Waals surface area contributed by atoms with Crippen LogP contribution in [0.3, 0.4) is 0 Å². The molecule has 32 heavy (non-hydrogen) atoms. The quantitative estimate of drug-likeness (QED) is 0.718. The minimum atomic E-state index is -3.11. The number of likely N-dealkylation sites (tertiary alicyclic amines) is 1. The van der Waals surface area contributed by atoms with E-state index in [0.717, 1.165) is 29.1 Å². The second kappa shape index (κ2) is 8.64. The second-order valence-electron chi connectivity index (χ2n) is 7.63. The summed E-state index contributed by atoms with van der Waals surface area (Å²) in [6, 6.07) is 7.81. The summed E-state index contributed by atoms with van der Waals surface area (Å²) in [6.07, 6.45) is 3.10. The number of carbonyl (C=O) groups is 2. The lowest BCUT2D eigenvalue weighted by molar-refractivity contribution is -0.131. The first-order valence-electron chi connectivity index (χ1n) is 10.0. The smallest absolute Gasteiger partial charge is 0.268 e. The number of nitriles is 1. The molecule has 0 spiro atoms. The number of benzene rings is 1. The molecule has 2 aromatic rings. The molecule has 7 nitrogen and oxygen atoms in total. The van der Waals surface area contributed by atoms with Gasteiger partial charge in [0.15, 0.2) is 0 Å². The zero-order chi connectivity index (χ0) is 22.7. The molecule has 1 fully saturated rings. The summed E-state index contributed by atoms with van der Waals surface area (Å²) in [5.41, 5.74) is 3.67. The third-order valence-corrected chi connectivity index (χ3v) is 5.36. The van der Waals surface area contributed by atoms with Crippen LogP contribution in [0.15, 0.2) is 36.7 Å². The Kier molecular flexibility index (Phi) is 5.74. The van der Waals surface area contributed by atoms with Gasteiger partial charge in [-0.25, -0.2) is 8.78 Å². The van der Waals surface area contributed by atoms with Gasteiger partial charge in [0.2, 0.25) is 5.91 Å². The second-order valence-corrected chi connectivity index (χ2v) is 7.63. The van der Waals surface area contributed by atoms with E-state index in [9.17, 15) is 18.4 Å². The van der Waals surface area contributed by atoms with Gasteiger partial charge >= 0.3 is 0 Å². The van der Waals surface area contributed by atoms with Crippen LogP contribution in [0.2, 0.25) is 0 Å². The zero-order valence-corrected chi connectivity index (χ0v) is 17.0. The Balaban J connectivity index is 1.44. The van der Waals surface area contributed by atoms with E-state index in [1.165, 1.54) is 24.0 Å². The number of carbonyl (C=O) groups excluding carboxylic acids is 2. The van der Waals surface area contributed by atoms with E-state index in [1.807, 2.05) is 18.2 Å². The van der Waals surface area contributed by atoms with Crippen molar-refractivity contribution in [2.24, 2.45) is 0 Å². The van der Waals surface area contributed by atoms with Crippen LogP contribution in [0, 0.1) is 23.2 Å². The van der Waals surface area contributed by atoms with Gasteiger partial charge in [-0.2, -0.15) is 5.26 Å². The lowest BCUT2D eigenvalue weighted by Crippen LogP contribution is -2.43. The number of alkyl halides is 2. The molecule has 1 aromatic heterocycles. The molecule has 3 heterocycles. The fourth-order valence-electron chi connectivity index (χ4n) is 3.76. The highest BCUT2D eigenvalue weighted by atomic mass is 19.3. The number of nitrogens with one attached hydrogen (secondary N) is 2. The van der Waals surface area contributed by atoms with Gasteiger partial charge in [-0.3, -0.25) is 14.6 Å². The number of hydrogen-bond acceptors (Lipinski definition) is 5. The van der Waals surface area contributed by atoms with Crippen LogP contribution in [0.1, 0.15) is 33.5 Å². The van der Waals surface area contributed by atoms with E-state index in [2.05, 4.69) is 27.5 Å². The number of hydrogen-bond donors (Lipinski definition) is 2. The highest BCUT2D eigenvalue weighted by molar-refractivity contribution is 5.98. The topological polar surface area (TPSA) is 98.1 Å². The normalized spacial score (nSPS) is 18.0. The molecule has 162 valence electrons. The maximum absolute atomic E-state index is 13.5. The fourth-order valence-corrected chi connectivity index (χ4v) is 3.76. The minimum Gasteiger partial charge on any atom is -0.384 e. The van der Waals surface area contributed by atoms with Crippen molar-refractivity contribution < 1.29 is 18.4 Å². The van der Waals surface area contributed by atoms with Crippen molar-refractivity contribution in [1.82, 2.24) is 15.2 Å². The third kappa shape index (κ3) is 4.52. The van der Waals surface area contributed by atoms with E-state index in [0.29, 0.717) is 5.56 Å². The van der Waals surface area contributed by atoms with Gasteiger partial charge in [0.1, 0.15) is 6.04 Å². The number of halogens is 2. The first-order chi connectivity index (χ1) is 15.4. The van der Waals surface area contributed by atoms with Crippen LogP contribution in [0.25, 0.3) is 0 Å². The summed E-state index contributed by atoms with van der Waals surface area (Å²) in [4.78, 5) is 29.7. The van der Waals surface area contributed by atoms with Crippen molar-refractivity contribution in [2.75, 3.05) is 25.0 Å². The van der Waals surface area contributed by atoms with E-state index >= 15 is 0 Å². The largest absolute Gasteiger partial charge is 0.384 e. The van der Waals surface area contributed by atoms with Crippen molar-refractivity contribution in [3.05, 3.63) is 58.9 Å². The van der Waals surface area contributed by atoms with Crippen molar-refractivity contribution in [1.29, 1.82) is 5.26 Å². The molecule has 1 saturated heterocycles. The Morgan fingerprint density at radius 3 is 2.97 bits per heavy atom. The molecule has 0 radical (unpaired) electrons. The zero-order valence-electron chi connectivity index (χ0n) is 17.0. The van der Waals surface area contributed by atoms with Crippen LogP contribution in [-0.4, -0.2) is 53.3 Å². The van der Waals surface area contributed by atoms with E-state index in [4.69, 9.17) is 5.26 Å². The summed E-state index contributed by atoms with van der Waals surface area (Å²) >= 11 is 0. The number of aromatic nitrogens is 1. The average Bonchev–Trinajstić information content (AvgIpc) is 3.38. The molecular formula is C23H19F2N5O2. The van der Waals surface area contributed by atoms with Gasteiger partial charge in [0, 0.05) is 36.6 Å². The number of rotatable bonds is 3. The SMILES string of the molecule is N#C[C@@H]1CC(F)(F)CN1C(=O)CNC(=O)c1ccncc1C#Cc1ccc2c(c1)CCN2. The molecule has 4 rings (SSSR count). The highest BCUT2D eigenvalue weighted by Crippen LogP contribution is 2.31. The Labute approximate surface area is 183 Å². The molecule has 1 aromatic carbocycles. The molecule has 2 N–H and O–H groups in total. The summed E-state index contributed by atoms with van der Waals surface area (Å²) in [6.45, 7) is -0.440. The molecule has 0 bridgehead atoms. The van der Waals surface area contributed by atoms with Gasteiger partial charge in [0.25, 0.3) is 11.8 Å². The van der Waals surface area contributed by atoms with Crippen LogP contribution >= 0.6 is 0 Å². The lowest BCUT2D eigenvalue weighted by Gasteiger charge is -2.19. The number of pyridine rings is 1. The van der Waals surface area contributed by atoms with Gasteiger partial charge in [-0.15, -0.1) is 0 Å². The molecule has 9 heteroatoms. The maximum atomic E-state index is 13.5. The Bertz CT molecular complexity index is 1180. The van der Waals surface area contributed by atoms with Gasteiger partial charge in [-0.1, -0.05) is 11.8 Å². The molecule has 2 aliphatic heterocycles. The monoisotopic (exact) mass is 435 g/mol. The van der Waals surface area contributed by atoms with Gasteiger partial charge in [0.05, 0.1) is 30.3 Å². The first kappa shape index (κ1) is 21.3. The number of anilines is 1. The van der Waals surface area contributed by atoms with Crippen molar-refractivity contribution in [2.45, 2.75) is 24.8 Å². The fraction of sp³-hybridized carbons (Fsp3) is 0.304. The van der Waals surface area contributed by atoms with Crippen LogP contribution in [0.5, 0.6) is 0 Å². The van der Waals surface area contributed by atoms with E-state index in [-0.39, 0.29) is 5.56 Å². The van der Waals surface area contributed by atoms with Gasteiger partial charge in [-0.05, 0) is 36.2 Å². The van der Waals surface area contributed by atoms with Crippen molar-refractivity contribution in [3.8, 4) is 17.9 Å². The third-order valence-electron chi connectivity index (χ3n) is 5.36. The van der Waals surface area contributed by atoms with E-state index in [1.54, 1.807) is 6.07 Å². The van der Waals surface area contributed by atoms with Crippen LogP contribution in [0.4, 0.5) is 14.5 Å². The lowest BCUT2D eigenvalue weighted by atomic mass is 10.1. The Hall–Kier alpha value is -3.98. The first-order valence-corrected chi connectivity index (χ1v) is 10.0. The number of amides is 2. The molecule has 0 unspecified atom stereocenters. The summed E-state index contributed by atoms with van der Waals surface area (Å²) in [5, 5.41) is 14.7. The van der Waals surface area contributed by atoms with Gasteiger partial charge < -0.3 is 15.5 Å². The molecule has 2 amide bonds.